The van der Waals surface area contributed by atoms with Crippen molar-refractivity contribution in [1.82, 2.24) is 5.32 Å². The fourth-order valence-corrected chi connectivity index (χ4v) is 6.40. The fraction of sp³-hybridized carbons (Fsp3) is 0.267. The lowest BCUT2D eigenvalue weighted by atomic mass is 10.2. The van der Waals surface area contributed by atoms with Crippen LogP contribution in [0.2, 0.25) is 0 Å². The van der Waals surface area contributed by atoms with Gasteiger partial charge in [0.05, 0.1) is 18.0 Å². The molecule has 1 aromatic carbocycles. The van der Waals surface area contributed by atoms with Crippen LogP contribution in [0.15, 0.2) is 43.6 Å². The second kappa shape index (κ2) is 7.35. The SMILES string of the molecule is COc1ccc(S(=O)(=O)c2sc(S(N)(=O)=O)cc2C(C)NC(C)=O)cc1. The standard InChI is InChI=1S/C15H18N2O6S3/c1-9(17-10(2)18)13-8-14(26(16,21)22)24-15(13)25(19,20)12-6-4-11(23-3)5-7-12/h4-9H,1-3H3,(H,17,18)(H2,16,21,22). The number of hydrogen-bond acceptors (Lipinski definition) is 7. The average Bonchev–Trinajstić information content (AvgIpc) is 3.01. The number of sulfonamides is 1. The van der Waals surface area contributed by atoms with Crippen molar-refractivity contribution in [2.75, 3.05) is 7.11 Å². The van der Waals surface area contributed by atoms with E-state index in [0.717, 1.165) is 0 Å². The molecule has 0 saturated carbocycles. The smallest absolute Gasteiger partial charge is 0.247 e. The number of thiophene rings is 1. The number of nitrogens with one attached hydrogen (secondary N) is 1. The number of hydrogen-bond donors (Lipinski definition) is 2. The molecular formula is C15H18N2O6S3. The number of methoxy groups -OCH3 is 1. The second-order valence-electron chi connectivity index (χ2n) is 5.45. The lowest BCUT2D eigenvalue weighted by Crippen LogP contribution is -2.24. The highest BCUT2D eigenvalue weighted by Gasteiger charge is 2.30. The third-order valence-electron chi connectivity index (χ3n) is 3.48. The molecule has 11 heteroatoms. The molecule has 0 saturated heterocycles. The van der Waals surface area contributed by atoms with Crippen molar-refractivity contribution in [2.24, 2.45) is 5.14 Å². The number of sulfone groups is 1. The zero-order valence-corrected chi connectivity index (χ0v) is 16.7. The molecule has 0 spiro atoms. The van der Waals surface area contributed by atoms with E-state index in [9.17, 15) is 21.6 Å². The Morgan fingerprint density at radius 1 is 1.19 bits per heavy atom. The molecule has 3 N–H and O–H groups in total. The van der Waals surface area contributed by atoms with E-state index >= 15 is 0 Å². The summed E-state index contributed by atoms with van der Waals surface area (Å²) in [5, 5.41) is 7.70. The van der Waals surface area contributed by atoms with Gasteiger partial charge >= 0.3 is 0 Å². The number of primary sulfonamides is 1. The molecule has 8 nitrogen and oxygen atoms in total. The molecule has 26 heavy (non-hydrogen) atoms. The predicted octanol–water partition coefficient (Wildman–Crippen LogP) is 1.43. The van der Waals surface area contributed by atoms with Gasteiger partial charge in [0, 0.05) is 12.5 Å². The summed E-state index contributed by atoms with van der Waals surface area (Å²) < 4.78 is 53.9. The Labute approximate surface area is 156 Å². The van der Waals surface area contributed by atoms with E-state index in [2.05, 4.69) is 5.32 Å². The summed E-state index contributed by atoms with van der Waals surface area (Å²) >= 11 is 0.550. The van der Waals surface area contributed by atoms with Crippen LogP contribution >= 0.6 is 11.3 Å². The first-order valence-electron chi connectivity index (χ1n) is 7.29. The number of rotatable bonds is 6. The van der Waals surface area contributed by atoms with Crippen LogP contribution in [0.25, 0.3) is 0 Å². The first-order valence-corrected chi connectivity index (χ1v) is 11.1. The Hall–Kier alpha value is -1.95. The molecule has 0 bridgehead atoms. The van der Waals surface area contributed by atoms with Crippen molar-refractivity contribution in [3.8, 4) is 5.75 Å². The maximum Gasteiger partial charge on any atom is 0.247 e. The Morgan fingerprint density at radius 3 is 2.23 bits per heavy atom. The number of nitrogens with two attached hydrogens (primary N) is 1. The zero-order chi connectivity index (χ0) is 19.7. The summed E-state index contributed by atoms with van der Waals surface area (Å²) in [6.45, 7) is 2.84. The van der Waals surface area contributed by atoms with Crippen LogP contribution in [0.3, 0.4) is 0 Å². The van der Waals surface area contributed by atoms with E-state index in [0.29, 0.717) is 17.1 Å². The van der Waals surface area contributed by atoms with Gasteiger partial charge in [-0.15, -0.1) is 11.3 Å². The van der Waals surface area contributed by atoms with Crippen molar-refractivity contribution in [1.29, 1.82) is 0 Å². The molecule has 0 aliphatic rings. The van der Waals surface area contributed by atoms with Crippen LogP contribution in [0.1, 0.15) is 25.5 Å². The molecule has 2 rings (SSSR count). The first kappa shape index (κ1) is 20.4. The Morgan fingerprint density at radius 2 is 1.77 bits per heavy atom. The van der Waals surface area contributed by atoms with Crippen molar-refractivity contribution < 1.29 is 26.4 Å². The second-order valence-corrected chi connectivity index (χ2v) is 10.4. The van der Waals surface area contributed by atoms with E-state index in [1.807, 2.05) is 0 Å². The highest BCUT2D eigenvalue weighted by Crippen LogP contribution is 2.37. The summed E-state index contributed by atoms with van der Waals surface area (Å²) in [7, 11) is -6.67. The molecule has 0 radical (unpaired) electrons. The number of carbonyl (C=O) groups is 1. The molecule has 0 fully saturated rings. The van der Waals surface area contributed by atoms with Crippen LogP contribution in [-0.2, 0) is 24.7 Å². The van der Waals surface area contributed by atoms with Gasteiger partial charge in [-0.25, -0.2) is 22.0 Å². The summed E-state index contributed by atoms with van der Waals surface area (Å²) in [4.78, 5) is 11.3. The molecule has 1 amide bonds. The molecule has 1 unspecified atom stereocenters. The topological polar surface area (TPSA) is 133 Å². The van der Waals surface area contributed by atoms with Crippen molar-refractivity contribution in [3.63, 3.8) is 0 Å². The molecule has 0 aliphatic heterocycles. The third-order valence-corrected chi connectivity index (χ3v) is 8.37. The van der Waals surface area contributed by atoms with Crippen LogP contribution in [-0.4, -0.2) is 29.9 Å². The maximum atomic E-state index is 13.0. The molecular weight excluding hydrogens is 400 g/mol. The van der Waals surface area contributed by atoms with Crippen LogP contribution < -0.4 is 15.2 Å². The van der Waals surface area contributed by atoms with E-state index in [-0.39, 0.29) is 24.8 Å². The highest BCUT2D eigenvalue weighted by molar-refractivity contribution is 7.95. The quantitative estimate of drug-likeness (QED) is 0.729. The van der Waals surface area contributed by atoms with Crippen molar-refractivity contribution >= 4 is 37.1 Å². The molecule has 1 heterocycles. The lowest BCUT2D eigenvalue weighted by Gasteiger charge is -2.14. The minimum atomic E-state index is -4.10. The van der Waals surface area contributed by atoms with Gasteiger partial charge in [-0.3, -0.25) is 4.79 Å². The number of benzene rings is 1. The largest absolute Gasteiger partial charge is 0.497 e. The number of amides is 1. The normalized spacial score (nSPS) is 13.2. The lowest BCUT2D eigenvalue weighted by molar-refractivity contribution is -0.119. The minimum absolute atomic E-state index is 0.0302. The van der Waals surface area contributed by atoms with Crippen molar-refractivity contribution in [2.45, 2.75) is 33.2 Å². The molecule has 1 aromatic heterocycles. The van der Waals surface area contributed by atoms with Gasteiger partial charge in [-0.1, -0.05) is 0 Å². The van der Waals surface area contributed by atoms with Gasteiger partial charge in [-0.2, -0.15) is 0 Å². The molecule has 2 aromatic rings. The Kier molecular flexibility index (Phi) is 5.76. The average molecular weight is 419 g/mol. The van der Waals surface area contributed by atoms with E-state index < -0.39 is 25.9 Å². The van der Waals surface area contributed by atoms with Crippen LogP contribution in [0, 0.1) is 0 Å². The van der Waals surface area contributed by atoms with Gasteiger partial charge in [0.2, 0.25) is 25.8 Å². The third kappa shape index (κ3) is 4.23. The summed E-state index contributed by atoms with van der Waals surface area (Å²) in [5.41, 5.74) is 0.157. The van der Waals surface area contributed by atoms with Gasteiger partial charge < -0.3 is 10.1 Å². The van der Waals surface area contributed by atoms with Gasteiger partial charge in [0.25, 0.3) is 0 Å². The van der Waals surface area contributed by atoms with Crippen molar-refractivity contribution in [3.05, 3.63) is 35.9 Å². The summed E-state index contributed by atoms with van der Waals surface area (Å²) in [5.74, 6) is 0.0980. The maximum absolute atomic E-state index is 13.0. The minimum Gasteiger partial charge on any atom is -0.497 e. The Balaban J connectivity index is 2.64. The van der Waals surface area contributed by atoms with Gasteiger partial charge in [-0.05, 0) is 37.3 Å². The van der Waals surface area contributed by atoms with Gasteiger partial charge in [0.1, 0.15) is 14.2 Å². The van der Waals surface area contributed by atoms with E-state index in [1.54, 1.807) is 6.92 Å². The predicted molar refractivity (Wildman–Crippen MR) is 96.4 cm³/mol. The van der Waals surface area contributed by atoms with Gasteiger partial charge in [0.15, 0.2) is 0 Å². The van der Waals surface area contributed by atoms with E-state index in [1.165, 1.54) is 44.4 Å². The summed E-state index contributed by atoms with van der Waals surface area (Å²) in [6.07, 6.45) is 0. The molecule has 0 aliphatic carbocycles. The highest BCUT2D eigenvalue weighted by atomic mass is 32.3. The molecule has 1 atom stereocenters. The molecule has 142 valence electrons. The number of carbonyl (C=O) groups excluding carboxylic acids is 1. The Bertz CT molecular complexity index is 1020. The fourth-order valence-electron chi connectivity index (χ4n) is 2.26. The van der Waals surface area contributed by atoms with Crippen LogP contribution in [0.5, 0.6) is 5.75 Å². The monoisotopic (exact) mass is 418 g/mol. The summed E-state index contributed by atoms with van der Waals surface area (Å²) in [6, 6.07) is 6.14. The number of ether oxygens (including phenoxy) is 1. The van der Waals surface area contributed by atoms with Crippen LogP contribution in [0.4, 0.5) is 0 Å². The first-order chi connectivity index (χ1) is 12.0. The van der Waals surface area contributed by atoms with E-state index in [4.69, 9.17) is 9.88 Å². The zero-order valence-electron chi connectivity index (χ0n) is 14.2.